The van der Waals surface area contributed by atoms with E-state index in [0.717, 1.165) is 10.0 Å². The summed E-state index contributed by atoms with van der Waals surface area (Å²) < 4.78 is 11.3. The highest BCUT2D eigenvalue weighted by Gasteiger charge is 2.30. The van der Waals surface area contributed by atoms with Gasteiger partial charge >= 0.3 is 12.1 Å². The van der Waals surface area contributed by atoms with Crippen LogP contribution < -0.4 is 0 Å². The first-order valence-electron chi connectivity index (χ1n) is 8.69. The second kappa shape index (κ2) is 8.39. The highest BCUT2D eigenvalue weighted by molar-refractivity contribution is 9.10. The van der Waals surface area contributed by atoms with Crippen LogP contribution in [0.3, 0.4) is 0 Å². The number of nitrogens with zero attached hydrogens (tertiary/aromatic N) is 2. The van der Waals surface area contributed by atoms with E-state index in [0.29, 0.717) is 31.7 Å². The molecule has 1 atom stereocenters. The van der Waals surface area contributed by atoms with Crippen molar-refractivity contribution < 1.29 is 19.1 Å². The van der Waals surface area contributed by atoms with E-state index in [1.807, 2.05) is 32.9 Å². The zero-order valence-corrected chi connectivity index (χ0v) is 17.6. The third-order valence-corrected chi connectivity index (χ3v) is 4.76. The van der Waals surface area contributed by atoms with Crippen LogP contribution in [-0.2, 0) is 16.0 Å². The molecule has 0 unspecified atom stereocenters. The Morgan fingerprint density at radius 3 is 2.54 bits per heavy atom. The minimum atomic E-state index is -0.497. The Kier molecular flexibility index (Phi) is 6.69. The molecule has 0 N–H and O–H groups in total. The quantitative estimate of drug-likeness (QED) is 0.689. The maximum atomic E-state index is 12.3. The van der Waals surface area contributed by atoms with Crippen LogP contribution in [0.2, 0.25) is 0 Å². The fourth-order valence-corrected chi connectivity index (χ4v) is 3.35. The first kappa shape index (κ1) is 20.7. The van der Waals surface area contributed by atoms with E-state index < -0.39 is 5.60 Å². The minimum absolute atomic E-state index is 0.153. The van der Waals surface area contributed by atoms with Gasteiger partial charge in [0.2, 0.25) is 0 Å². The largest absolute Gasteiger partial charge is 0.465 e. The summed E-state index contributed by atoms with van der Waals surface area (Å²) in [6.45, 7) is 10.2. The third kappa shape index (κ3) is 5.45. The number of esters is 1. The van der Waals surface area contributed by atoms with Gasteiger partial charge in [0.15, 0.2) is 0 Å². The molecule has 26 heavy (non-hydrogen) atoms. The van der Waals surface area contributed by atoms with Gasteiger partial charge in [-0.3, -0.25) is 4.90 Å². The molecule has 0 spiro atoms. The van der Waals surface area contributed by atoms with Crippen molar-refractivity contribution in [2.24, 2.45) is 0 Å². The molecule has 2 rings (SSSR count). The number of benzene rings is 1. The van der Waals surface area contributed by atoms with Gasteiger partial charge in [-0.1, -0.05) is 15.9 Å². The predicted octanol–water partition coefficient (Wildman–Crippen LogP) is 3.68. The molecule has 0 saturated carbocycles. The molecule has 1 aromatic carbocycles. The van der Waals surface area contributed by atoms with Crippen LogP contribution >= 0.6 is 15.9 Å². The monoisotopic (exact) mass is 426 g/mol. The number of amides is 1. The van der Waals surface area contributed by atoms with Crippen molar-refractivity contribution in [2.45, 2.75) is 45.9 Å². The summed E-state index contributed by atoms with van der Waals surface area (Å²) in [4.78, 5) is 28.3. The molecular weight excluding hydrogens is 400 g/mol. The van der Waals surface area contributed by atoms with Crippen LogP contribution in [-0.4, -0.2) is 60.2 Å². The van der Waals surface area contributed by atoms with E-state index in [4.69, 9.17) is 9.47 Å². The summed E-state index contributed by atoms with van der Waals surface area (Å²) in [6, 6.07) is 5.70. The molecule has 0 radical (unpaired) electrons. The SMILES string of the molecule is COC(=O)c1ccc(Br)cc1CN1CCN(C(=O)OC(C)(C)C)C[C@@H]1C. The molecule has 7 heteroatoms. The Morgan fingerprint density at radius 1 is 1.27 bits per heavy atom. The normalized spacial score (nSPS) is 18.5. The van der Waals surface area contributed by atoms with Gasteiger partial charge in [-0.25, -0.2) is 9.59 Å². The van der Waals surface area contributed by atoms with Crippen LogP contribution in [0.15, 0.2) is 22.7 Å². The van der Waals surface area contributed by atoms with E-state index in [9.17, 15) is 9.59 Å². The maximum Gasteiger partial charge on any atom is 0.410 e. The van der Waals surface area contributed by atoms with Crippen LogP contribution in [0.25, 0.3) is 0 Å². The molecule has 1 amide bonds. The first-order chi connectivity index (χ1) is 12.1. The number of piperazine rings is 1. The Hall–Kier alpha value is -1.60. The Labute approximate surface area is 163 Å². The number of carbonyl (C=O) groups is 2. The summed E-state index contributed by atoms with van der Waals surface area (Å²) in [5, 5.41) is 0. The number of halogens is 1. The highest BCUT2D eigenvalue weighted by Crippen LogP contribution is 2.22. The smallest absolute Gasteiger partial charge is 0.410 e. The molecule has 6 nitrogen and oxygen atoms in total. The van der Waals surface area contributed by atoms with Crippen LogP contribution in [0.5, 0.6) is 0 Å². The second-order valence-corrected chi connectivity index (χ2v) is 8.45. The number of methoxy groups -OCH3 is 1. The fraction of sp³-hybridized carbons (Fsp3) is 0.579. The summed E-state index contributed by atoms with van der Waals surface area (Å²) in [7, 11) is 1.39. The number of rotatable bonds is 3. The van der Waals surface area contributed by atoms with Gasteiger partial charge in [-0.15, -0.1) is 0 Å². The van der Waals surface area contributed by atoms with E-state index in [1.165, 1.54) is 7.11 Å². The molecule has 1 saturated heterocycles. The predicted molar refractivity (Wildman–Crippen MR) is 103 cm³/mol. The van der Waals surface area contributed by atoms with Gasteiger partial charge in [0.1, 0.15) is 5.60 Å². The molecule has 1 aliphatic rings. The molecule has 1 fully saturated rings. The lowest BCUT2D eigenvalue weighted by Crippen LogP contribution is -2.54. The standard InChI is InChI=1S/C19H27BrN2O4/c1-13-11-22(18(24)26-19(2,3)4)9-8-21(13)12-14-10-15(20)6-7-16(14)17(23)25-5/h6-7,10,13H,8-9,11-12H2,1-5H3/t13-/m0/s1. The van der Waals surface area contributed by atoms with Gasteiger partial charge in [-0.2, -0.15) is 0 Å². The number of carbonyl (C=O) groups excluding carboxylic acids is 2. The van der Waals surface area contributed by atoms with E-state index in [2.05, 4.69) is 27.8 Å². The topological polar surface area (TPSA) is 59.1 Å². The van der Waals surface area contributed by atoms with Gasteiger partial charge in [0.05, 0.1) is 12.7 Å². The summed E-state index contributed by atoms with van der Waals surface area (Å²) in [5.41, 5.74) is 0.977. The van der Waals surface area contributed by atoms with Gasteiger partial charge < -0.3 is 14.4 Å². The molecule has 144 valence electrons. The average molecular weight is 427 g/mol. The zero-order chi connectivity index (χ0) is 19.5. The molecule has 0 bridgehead atoms. The van der Waals surface area contributed by atoms with Crippen molar-refractivity contribution in [3.05, 3.63) is 33.8 Å². The summed E-state index contributed by atoms with van der Waals surface area (Å²) >= 11 is 3.46. The molecule has 1 heterocycles. The summed E-state index contributed by atoms with van der Waals surface area (Å²) in [5.74, 6) is -0.340. The van der Waals surface area contributed by atoms with Gasteiger partial charge in [0.25, 0.3) is 0 Å². The third-order valence-electron chi connectivity index (χ3n) is 4.26. The van der Waals surface area contributed by atoms with Crippen LogP contribution in [0, 0.1) is 0 Å². The molecule has 1 aliphatic heterocycles. The second-order valence-electron chi connectivity index (χ2n) is 7.54. The van der Waals surface area contributed by atoms with E-state index in [1.54, 1.807) is 11.0 Å². The lowest BCUT2D eigenvalue weighted by molar-refractivity contribution is 0.00458. The van der Waals surface area contributed by atoms with Gasteiger partial charge in [-0.05, 0) is 51.5 Å². The van der Waals surface area contributed by atoms with Crippen molar-refractivity contribution >= 4 is 28.0 Å². The van der Waals surface area contributed by atoms with Crippen molar-refractivity contribution in [1.82, 2.24) is 9.80 Å². The molecule has 1 aromatic rings. The summed E-state index contributed by atoms with van der Waals surface area (Å²) in [6.07, 6.45) is -0.276. The number of hydrogen-bond donors (Lipinski definition) is 0. The first-order valence-corrected chi connectivity index (χ1v) is 9.48. The molecule has 0 aromatic heterocycles. The van der Waals surface area contributed by atoms with Gasteiger partial charge in [0, 0.05) is 36.7 Å². The van der Waals surface area contributed by atoms with Crippen molar-refractivity contribution in [1.29, 1.82) is 0 Å². The Morgan fingerprint density at radius 2 is 1.96 bits per heavy atom. The number of ether oxygens (including phenoxy) is 2. The van der Waals surface area contributed by atoms with Crippen LogP contribution in [0.4, 0.5) is 4.79 Å². The fourth-order valence-electron chi connectivity index (χ4n) is 2.94. The lowest BCUT2D eigenvalue weighted by Gasteiger charge is -2.40. The van der Waals surface area contributed by atoms with Crippen molar-refractivity contribution in [2.75, 3.05) is 26.7 Å². The maximum absolute atomic E-state index is 12.3. The van der Waals surface area contributed by atoms with Crippen molar-refractivity contribution in [3.8, 4) is 0 Å². The Bertz CT molecular complexity index is 672. The van der Waals surface area contributed by atoms with E-state index >= 15 is 0 Å². The lowest BCUT2D eigenvalue weighted by atomic mass is 10.1. The van der Waals surface area contributed by atoms with Crippen LogP contribution in [0.1, 0.15) is 43.6 Å². The van der Waals surface area contributed by atoms with Crippen molar-refractivity contribution in [3.63, 3.8) is 0 Å². The number of hydrogen-bond acceptors (Lipinski definition) is 5. The highest BCUT2D eigenvalue weighted by atomic mass is 79.9. The Balaban J connectivity index is 2.06. The minimum Gasteiger partial charge on any atom is -0.465 e. The molecule has 0 aliphatic carbocycles. The molecular formula is C19H27BrN2O4. The average Bonchev–Trinajstić information content (AvgIpc) is 2.54. The zero-order valence-electron chi connectivity index (χ0n) is 16.0. The van der Waals surface area contributed by atoms with E-state index in [-0.39, 0.29) is 18.1 Å².